The second-order valence-corrected chi connectivity index (χ2v) is 23.3. The van der Waals surface area contributed by atoms with Crippen molar-refractivity contribution in [3.8, 4) is 5.75 Å². The van der Waals surface area contributed by atoms with Gasteiger partial charge in [-0.1, -0.05) is 27.7 Å². The summed E-state index contributed by atoms with van der Waals surface area (Å²) in [5.41, 5.74) is -4.18. The van der Waals surface area contributed by atoms with E-state index in [1.54, 1.807) is 46.8 Å². The van der Waals surface area contributed by atoms with Gasteiger partial charge in [-0.3, -0.25) is 19.2 Å². The summed E-state index contributed by atoms with van der Waals surface area (Å²) >= 11 is 0. The van der Waals surface area contributed by atoms with Crippen molar-refractivity contribution in [2.75, 3.05) is 41.0 Å². The number of hydrogen-bond donors (Lipinski definition) is 2. The van der Waals surface area contributed by atoms with E-state index in [2.05, 4.69) is 5.32 Å². The number of amides is 1. The molecule has 1 aromatic heterocycles. The van der Waals surface area contributed by atoms with Gasteiger partial charge in [0, 0.05) is 49.6 Å². The average molecular weight is 1100 g/mol. The van der Waals surface area contributed by atoms with E-state index >= 15 is 0 Å². The number of hydrogen-bond acceptors (Lipinski definition) is 19. The number of carbonyl (C=O) groups excluding carboxylic acids is 4. The molecule has 2 N–H and O–H groups in total. The van der Waals surface area contributed by atoms with Crippen LogP contribution in [-0.2, 0) is 66.8 Å². The van der Waals surface area contributed by atoms with E-state index in [-0.39, 0.29) is 80.4 Å². The van der Waals surface area contributed by atoms with Crippen LogP contribution in [0.25, 0.3) is 10.9 Å². The molecule has 5 aliphatic heterocycles. The highest BCUT2D eigenvalue weighted by Crippen LogP contribution is 2.46. The molecule has 5 saturated heterocycles. The topological polar surface area (TPSA) is 254 Å². The number of benzene rings is 1. The molecule has 22 nitrogen and oxygen atoms in total. The van der Waals surface area contributed by atoms with E-state index in [0.29, 0.717) is 17.7 Å². The molecule has 0 radical (unpaired) electrons. The Hall–Kier alpha value is -4.78. The number of aromatic nitrogens is 1. The fraction of sp³-hybridized carbons (Fsp3) is 0.750. The molecular weight excluding hydrogens is 1020 g/mol. The number of rotatable bonds is 15. The first kappa shape index (κ1) is 59.3. The molecule has 1 aliphatic carbocycles. The van der Waals surface area contributed by atoms with Crippen LogP contribution in [-0.4, -0.2) is 170 Å². The molecule has 6 fully saturated rings. The molecule has 1 saturated carbocycles. The van der Waals surface area contributed by atoms with Crippen LogP contribution in [0.2, 0.25) is 0 Å². The van der Waals surface area contributed by atoms with Crippen molar-refractivity contribution >= 4 is 40.7 Å². The van der Waals surface area contributed by atoms with Crippen LogP contribution < -0.4 is 15.5 Å². The van der Waals surface area contributed by atoms with Gasteiger partial charge in [-0.15, -0.1) is 0 Å². The third kappa shape index (κ3) is 12.1. The number of methoxy groups -OCH3 is 1. The number of ether oxygens (including phenoxy) is 10. The highest BCUT2D eigenvalue weighted by atomic mass is 17.2. The van der Waals surface area contributed by atoms with Crippen LogP contribution in [0.4, 0.5) is 4.79 Å². The average Bonchev–Trinajstić information content (AvgIpc) is 4.29. The number of pyridine rings is 1. The van der Waals surface area contributed by atoms with Crippen molar-refractivity contribution in [2.24, 2.45) is 23.7 Å². The third-order valence-electron chi connectivity index (χ3n) is 17.1. The number of esters is 2. The molecule has 8 rings (SSSR count). The minimum atomic E-state index is -1.42. The number of ketones is 1. The Morgan fingerprint density at radius 2 is 1.67 bits per heavy atom. The largest absolute Gasteiger partial charge is 0.491 e. The van der Waals surface area contributed by atoms with E-state index in [1.807, 2.05) is 58.2 Å². The predicted octanol–water partition coefficient (Wildman–Crippen LogP) is 5.90. The van der Waals surface area contributed by atoms with Gasteiger partial charge in [0.2, 0.25) is 5.43 Å². The number of fused-ring (bicyclic) bond motifs is 4. The third-order valence-corrected chi connectivity index (χ3v) is 17.1. The molecule has 78 heavy (non-hydrogen) atoms. The molecule has 1 unspecified atom stereocenters. The maximum absolute atomic E-state index is 14.8. The summed E-state index contributed by atoms with van der Waals surface area (Å²) in [4.78, 5) is 95.7. The van der Waals surface area contributed by atoms with Crippen LogP contribution >= 0.6 is 0 Å². The van der Waals surface area contributed by atoms with Gasteiger partial charge in [0.1, 0.15) is 41.0 Å². The summed E-state index contributed by atoms with van der Waals surface area (Å²) in [7, 11) is 5.40. The smallest absolute Gasteiger partial charge is 0.408 e. The number of cyclic esters (lactones) is 1. The maximum Gasteiger partial charge on any atom is 0.408 e. The number of carboxylic acid groups (broad SMARTS) is 1. The van der Waals surface area contributed by atoms with Gasteiger partial charge >= 0.3 is 24.0 Å². The zero-order chi connectivity index (χ0) is 56.8. The molecular formula is C56H81N3O19. The van der Waals surface area contributed by atoms with Gasteiger partial charge in [0.25, 0.3) is 0 Å². The van der Waals surface area contributed by atoms with Gasteiger partial charge in [0.05, 0.1) is 66.9 Å². The number of carboxylic acids is 1. The lowest BCUT2D eigenvalue weighted by atomic mass is 9.73. The highest BCUT2D eigenvalue weighted by Gasteiger charge is 2.60. The summed E-state index contributed by atoms with van der Waals surface area (Å²) in [5.74, 6) is -5.50. The second-order valence-electron chi connectivity index (χ2n) is 23.3. The number of likely N-dealkylation sites (N-methyl/N-ethyl adjacent to an activating group) is 1. The standard InChI is InChI=1S/C56H81N3O19/c1-14-40-56(10)47(57-53(66)76-56)30(4)43(61)28(2)25-55(9)48(75-52-46(77-78-55)39(58(11)12)23-29(3)70-52)31(5)45(32(6)51(65)72-40)74-42-26-54(8,67-13)49(33(7)71-42)73-41(60)19-20-68-21-22-69-35-17-18-38-36(24-35)44(62)37(50(63)64)27-59(38)34-15-16-34/h17-18,24,27-34,39-40,42,45-49,52H,14-16,19-23,25-26H2,1-13H3,(H,57,66)(H,63,64)/t28-,29+,30-,31-,32+,33-,39-,40+,42+,45-,46+,47+,48+,49-,52-,54+,55+,56?/m0/s1. The van der Waals surface area contributed by atoms with Crippen molar-refractivity contribution in [2.45, 2.75) is 204 Å². The van der Waals surface area contributed by atoms with Crippen molar-refractivity contribution in [1.29, 1.82) is 0 Å². The number of nitrogens with zero attached hydrogens (tertiary/aromatic N) is 2. The van der Waals surface area contributed by atoms with Crippen LogP contribution in [0.1, 0.15) is 131 Å². The van der Waals surface area contributed by atoms with Crippen molar-refractivity contribution in [1.82, 2.24) is 14.8 Å². The van der Waals surface area contributed by atoms with Crippen LogP contribution in [0.3, 0.4) is 0 Å². The number of carbonyl (C=O) groups is 5. The highest BCUT2D eigenvalue weighted by molar-refractivity contribution is 5.93. The van der Waals surface area contributed by atoms with Gasteiger partial charge in [-0.2, -0.15) is 0 Å². The Labute approximate surface area is 455 Å². The molecule has 22 heteroatoms. The fourth-order valence-corrected chi connectivity index (χ4v) is 12.6. The van der Waals surface area contributed by atoms with Gasteiger partial charge in [0.15, 0.2) is 30.4 Å². The van der Waals surface area contributed by atoms with Gasteiger partial charge < -0.3 is 67.3 Å². The first-order chi connectivity index (χ1) is 36.8. The Balaban J connectivity index is 0.973. The summed E-state index contributed by atoms with van der Waals surface area (Å²) in [6.45, 7) is 18.1. The van der Waals surface area contributed by atoms with Crippen LogP contribution in [0.15, 0.2) is 29.2 Å². The van der Waals surface area contributed by atoms with Crippen LogP contribution in [0, 0.1) is 23.7 Å². The van der Waals surface area contributed by atoms with E-state index in [1.165, 1.54) is 19.4 Å². The number of nitrogens with one attached hydrogen (secondary N) is 1. The number of Topliss-reactive ketones (excluding diaryl/α,β-unsaturated/α-hetero) is 1. The SMILES string of the molecule is CC[C@H]1OC(=O)[C@H](C)[C@@H](O[C@@H]2C[C@@](C)(OC)[C@@H](OC(=O)CCOCCOc3ccc4c(c3)c(=O)c(C(=O)O)cn4C3CC3)[C@H](C)O2)[C@H](C)[C@H]2O[C@@H]3O[C@H](C)C[C@H](N(C)C)[C@H]3OO[C@]2(C)C[C@H](C)C(=O)[C@H](C)[C@H]2NC(=O)OC21C. The van der Waals surface area contributed by atoms with Gasteiger partial charge in [-0.05, 0) is 106 Å². The monoisotopic (exact) mass is 1100 g/mol. The summed E-state index contributed by atoms with van der Waals surface area (Å²) in [6.07, 6.45) is -4.10. The summed E-state index contributed by atoms with van der Waals surface area (Å²) < 4.78 is 64.9. The Morgan fingerprint density at radius 1 is 0.936 bits per heavy atom. The Kier molecular flexibility index (Phi) is 18.1. The molecule has 0 bridgehead atoms. The second kappa shape index (κ2) is 23.7. The zero-order valence-corrected chi connectivity index (χ0v) is 47.3. The molecule has 2 aromatic rings. The lowest BCUT2D eigenvalue weighted by Crippen LogP contribution is -2.60. The van der Waals surface area contributed by atoms with Crippen molar-refractivity contribution in [3.63, 3.8) is 0 Å². The summed E-state index contributed by atoms with van der Waals surface area (Å²) in [5, 5.41) is 12.8. The van der Waals surface area contributed by atoms with E-state index in [0.717, 1.165) is 12.8 Å². The Morgan fingerprint density at radius 3 is 2.33 bits per heavy atom. The molecule has 0 spiro atoms. The minimum absolute atomic E-state index is 0.000796. The molecule has 1 amide bonds. The molecule has 6 heterocycles. The van der Waals surface area contributed by atoms with E-state index in [9.17, 15) is 33.9 Å². The molecule has 18 atom stereocenters. The zero-order valence-electron chi connectivity index (χ0n) is 47.3. The normalized spacial score (nSPS) is 38.6. The lowest BCUT2D eigenvalue weighted by Gasteiger charge is -2.48. The van der Waals surface area contributed by atoms with E-state index in [4.69, 9.17) is 57.1 Å². The Bertz CT molecular complexity index is 2590. The minimum Gasteiger partial charge on any atom is -0.491 e. The number of alkyl carbamates (subject to hydrolysis) is 1. The lowest BCUT2D eigenvalue weighted by molar-refractivity contribution is -0.400. The molecule has 434 valence electrons. The maximum atomic E-state index is 14.8. The number of aromatic carboxylic acids is 1. The van der Waals surface area contributed by atoms with Crippen LogP contribution in [0.5, 0.6) is 5.75 Å². The quantitative estimate of drug-likeness (QED) is 0.0911. The van der Waals surface area contributed by atoms with Crippen molar-refractivity contribution < 1.29 is 86.2 Å². The first-order valence-corrected chi connectivity index (χ1v) is 27.6. The molecule has 1 aromatic carbocycles. The van der Waals surface area contributed by atoms with Crippen molar-refractivity contribution in [3.05, 3.63) is 40.2 Å². The van der Waals surface area contributed by atoms with E-state index < -0.39 is 125 Å². The molecule has 6 aliphatic rings. The first-order valence-electron chi connectivity index (χ1n) is 27.6. The predicted molar refractivity (Wildman–Crippen MR) is 277 cm³/mol. The summed E-state index contributed by atoms with van der Waals surface area (Å²) in [6, 6.07) is 4.14. The fourth-order valence-electron chi connectivity index (χ4n) is 12.6. The van der Waals surface area contributed by atoms with Gasteiger partial charge in [-0.25, -0.2) is 19.4 Å².